The molecule has 1 atom stereocenters. The van der Waals surface area contributed by atoms with E-state index in [1.807, 2.05) is 25.4 Å². The van der Waals surface area contributed by atoms with Crippen LogP contribution in [0, 0.1) is 5.92 Å². The molecule has 3 heterocycles. The van der Waals surface area contributed by atoms with Crippen molar-refractivity contribution in [3.05, 3.63) is 16.6 Å². The van der Waals surface area contributed by atoms with E-state index in [-0.39, 0.29) is 17.6 Å². The van der Waals surface area contributed by atoms with Crippen molar-refractivity contribution in [1.29, 1.82) is 0 Å². The highest BCUT2D eigenvalue weighted by Gasteiger charge is 2.43. The lowest BCUT2D eigenvalue weighted by Gasteiger charge is -2.38. The summed E-state index contributed by atoms with van der Waals surface area (Å²) in [6, 6.07) is 0.216. The van der Waals surface area contributed by atoms with Gasteiger partial charge in [0.25, 0.3) is 0 Å². The van der Waals surface area contributed by atoms with Crippen LogP contribution in [-0.2, 0) is 16.1 Å². The van der Waals surface area contributed by atoms with E-state index in [1.165, 1.54) is 5.01 Å². The predicted molar refractivity (Wildman–Crippen MR) is 91.3 cm³/mol. The molecule has 3 rings (SSSR count). The maximum Gasteiger partial charge on any atom is 0.220 e. The molecule has 1 amide bonds. The summed E-state index contributed by atoms with van der Waals surface area (Å²) in [6.45, 7) is 7.81. The fourth-order valence-electron chi connectivity index (χ4n) is 3.70. The van der Waals surface area contributed by atoms with Gasteiger partial charge < -0.3 is 10.1 Å². The van der Waals surface area contributed by atoms with E-state index in [4.69, 9.17) is 4.74 Å². The normalized spacial score (nSPS) is 24.4. The fourth-order valence-corrected chi connectivity index (χ4v) is 4.36. The zero-order valence-electron chi connectivity index (χ0n) is 14.1. The van der Waals surface area contributed by atoms with Crippen LogP contribution in [0.3, 0.4) is 0 Å². The van der Waals surface area contributed by atoms with Gasteiger partial charge in [-0.1, -0.05) is 0 Å². The van der Waals surface area contributed by atoms with Crippen molar-refractivity contribution in [2.24, 2.45) is 5.92 Å². The largest absolute Gasteiger partial charge is 0.375 e. The van der Waals surface area contributed by atoms with E-state index in [2.05, 4.69) is 15.2 Å². The molecule has 2 fully saturated rings. The number of thiazole rings is 1. The molecule has 1 spiro atoms. The number of nitrogens with one attached hydrogen (secondary N) is 1. The van der Waals surface area contributed by atoms with Gasteiger partial charge in [-0.25, -0.2) is 4.98 Å². The highest BCUT2D eigenvalue weighted by Crippen LogP contribution is 2.40. The van der Waals surface area contributed by atoms with Crippen molar-refractivity contribution in [2.75, 3.05) is 19.7 Å². The highest BCUT2D eigenvalue weighted by atomic mass is 32.1. The Morgan fingerprint density at radius 2 is 2.30 bits per heavy atom. The zero-order chi connectivity index (χ0) is 16.3. The second-order valence-corrected chi connectivity index (χ2v) is 8.17. The SMILES string of the molecule is CC(C)NC(=O)C[C@H]1COC2(CCN(Cc3nccs3)CC2)C1. The first-order valence-electron chi connectivity index (χ1n) is 8.59. The molecule has 2 saturated heterocycles. The van der Waals surface area contributed by atoms with Gasteiger partial charge in [-0.15, -0.1) is 11.3 Å². The van der Waals surface area contributed by atoms with Crippen molar-refractivity contribution >= 4 is 17.2 Å². The molecule has 6 heteroatoms. The molecule has 5 nitrogen and oxygen atoms in total. The van der Waals surface area contributed by atoms with Crippen LogP contribution in [0.5, 0.6) is 0 Å². The van der Waals surface area contributed by atoms with E-state index in [0.29, 0.717) is 12.3 Å². The molecule has 0 aliphatic carbocycles. The van der Waals surface area contributed by atoms with Crippen LogP contribution in [0.4, 0.5) is 0 Å². The topological polar surface area (TPSA) is 54.5 Å². The maximum atomic E-state index is 11.9. The van der Waals surface area contributed by atoms with Crippen LogP contribution in [0.25, 0.3) is 0 Å². The standard InChI is InChI=1S/C17H27N3O2S/c1-13(2)19-15(21)9-14-10-17(22-12-14)3-6-20(7-4-17)11-16-18-5-8-23-16/h5,8,13-14H,3-4,6-7,9-12H2,1-2H3,(H,19,21)/t14-/m1/s1. The number of aromatic nitrogens is 1. The minimum absolute atomic E-state index is 0.0160. The summed E-state index contributed by atoms with van der Waals surface area (Å²) in [7, 11) is 0. The summed E-state index contributed by atoms with van der Waals surface area (Å²) in [5.41, 5.74) is 0.0160. The second-order valence-electron chi connectivity index (χ2n) is 7.19. The molecule has 0 aromatic carbocycles. The smallest absolute Gasteiger partial charge is 0.220 e. The first-order chi connectivity index (χ1) is 11.0. The molecular formula is C17H27N3O2S. The Kier molecular flexibility index (Phi) is 5.34. The van der Waals surface area contributed by atoms with Crippen molar-refractivity contribution in [3.8, 4) is 0 Å². The van der Waals surface area contributed by atoms with Crippen molar-refractivity contribution in [1.82, 2.24) is 15.2 Å². The fraction of sp³-hybridized carbons (Fsp3) is 0.765. The van der Waals surface area contributed by atoms with E-state index in [0.717, 1.165) is 45.5 Å². The number of hydrogen-bond donors (Lipinski definition) is 1. The van der Waals surface area contributed by atoms with Crippen LogP contribution < -0.4 is 5.32 Å². The molecule has 2 aliphatic rings. The molecule has 1 aromatic heterocycles. The van der Waals surface area contributed by atoms with Crippen LogP contribution in [-0.4, -0.2) is 47.1 Å². The van der Waals surface area contributed by atoms with Gasteiger partial charge in [0, 0.05) is 37.1 Å². The summed E-state index contributed by atoms with van der Waals surface area (Å²) >= 11 is 1.72. The summed E-state index contributed by atoms with van der Waals surface area (Å²) in [6.07, 6.45) is 5.64. The van der Waals surface area contributed by atoms with Crippen LogP contribution >= 0.6 is 11.3 Å². The quantitative estimate of drug-likeness (QED) is 0.896. The number of rotatable bonds is 5. The van der Waals surface area contributed by atoms with E-state index in [1.54, 1.807) is 11.3 Å². The lowest BCUT2D eigenvalue weighted by molar-refractivity contribution is -0.122. The molecular weight excluding hydrogens is 310 g/mol. The number of ether oxygens (including phenoxy) is 1. The molecule has 0 saturated carbocycles. The Hall–Kier alpha value is -0.980. The van der Waals surface area contributed by atoms with E-state index in [9.17, 15) is 4.79 Å². The molecule has 128 valence electrons. The monoisotopic (exact) mass is 337 g/mol. The Morgan fingerprint density at radius 3 is 2.96 bits per heavy atom. The molecule has 0 radical (unpaired) electrons. The average molecular weight is 337 g/mol. The van der Waals surface area contributed by atoms with Gasteiger partial charge in [0.2, 0.25) is 5.91 Å². The summed E-state index contributed by atoms with van der Waals surface area (Å²) in [4.78, 5) is 18.8. The summed E-state index contributed by atoms with van der Waals surface area (Å²) in [5.74, 6) is 0.533. The minimum Gasteiger partial charge on any atom is -0.375 e. The Morgan fingerprint density at radius 1 is 1.52 bits per heavy atom. The number of amides is 1. The van der Waals surface area contributed by atoms with Gasteiger partial charge in [-0.05, 0) is 39.0 Å². The van der Waals surface area contributed by atoms with Gasteiger partial charge in [-0.3, -0.25) is 9.69 Å². The average Bonchev–Trinajstić information content (AvgIpc) is 3.12. The number of likely N-dealkylation sites (tertiary alicyclic amines) is 1. The summed E-state index contributed by atoms with van der Waals surface area (Å²) < 4.78 is 6.16. The Bertz CT molecular complexity index is 510. The zero-order valence-corrected chi connectivity index (χ0v) is 14.9. The van der Waals surface area contributed by atoms with Crippen LogP contribution in [0.1, 0.15) is 44.5 Å². The van der Waals surface area contributed by atoms with Gasteiger partial charge >= 0.3 is 0 Å². The number of nitrogens with zero attached hydrogens (tertiary/aromatic N) is 2. The Labute approximate surface area is 142 Å². The molecule has 1 N–H and O–H groups in total. The first-order valence-corrected chi connectivity index (χ1v) is 9.47. The lowest BCUT2D eigenvalue weighted by atomic mass is 9.84. The number of hydrogen-bond acceptors (Lipinski definition) is 5. The third kappa shape index (κ3) is 4.52. The van der Waals surface area contributed by atoms with Crippen molar-refractivity contribution in [3.63, 3.8) is 0 Å². The lowest BCUT2D eigenvalue weighted by Crippen LogP contribution is -2.43. The van der Waals surface area contributed by atoms with Crippen molar-refractivity contribution in [2.45, 2.75) is 57.7 Å². The molecule has 2 aliphatic heterocycles. The van der Waals surface area contributed by atoms with Gasteiger partial charge in [0.15, 0.2) is 0 Å². The second kappa shape index (κ2) is 7.28. The van der Waals surface area contributed by atoms with Gasteiger partial charge in [0.1, 0.15) is 5.01 Å². The van der Waals surface area contributed by atoms with Crippen LogP contribution in [0.15, 0.2) is 11.6 Å². The van der Waals surface area contributed by atoms with Gasteiger partial charge in [0.05, 0.1) is 18.8 Å². The third-order valence-electron chi connectivity index (χ3n) is 4.82. The number of piperidine rings is 1. The highest BCUT2D eigenvalue weighted by molar-refractivity contribution is 7.09. The first kappa shape index (κ1) is 16.9. The molecule has 0 unspecified atom stereocenters. The van der Waals surface area contributed by atoms with Crippen molar-refractivity contribution < 1.29 is 9.53 Å². The number of carbonyl (C=O) groups is 1. The van der Waals surface area contributed by atoms with E-state index < -0.39 is 0 Å². The molecule has 23 heavy (non-hydrogen) atoms. The van der Waals surface area contributed by atoms with E-state index >= 15 is 0 Å². The maximum absolute atomic E-state index is 11.9. The summed E-state index contributed by atoms with van der Waals surface area (Å²) in [5, 5.41) is 6.21. The molecule has 0 bridgehead atoms. The predicted octanol–water partition coefficient (Wildman–Crippen LogP) is 2.43. The number of carbonyl (C=O) groups excluding carboxylic acids is 1. The van der Waals surface area contributed by atoms with Crippen LogP contribution in [0.2, 0.25) is 0 Å². The Balaban J connectivity index is 1.44. The minimum atomic E-state index is 0.0160. The van der Waals surface area contributed by atoms with Gasteiger partial charge in [-0.2, -0.15) is 0 Å². The molecule has 1 aromatic rings. The third-order valence-corrected chi connectivity index (χ3v) is 5.58.